The highest BCUT2D eigenvalue weighted by atomic mass is 16.6. The van der Waals surface area contributed by atoms with E-state index in [9.17, 15) is 19.7 Å². The molecule has 7 heteroatoms. The first-order valence-corrected chi connectivity index (χ1v) is 5.72. The molecule has 1 aliphatic heterocycles. The lowest BCUT2D eigenvalue weighted by Gasteiger charge is -2.11. The van der Waals surface area contributed by atoms with Gasteiger partial charge in [0.2, 0.25) is 0 Å². The molecule has 0 bridgehead atoms. The number of aryl methyl sites for hydroxylation is 1. The van der Waals surface area contributed by atoms with Gasteiger partial charge in [-0.2, -0.15) is 0 Å². The van der Waals surface area contributed by atoms with E-state index in [1.54, 1.807) is 6.92 Å². The highest BCUT2D eigenvalue weighted by molar-refractivity contribution is 6.34. The monoisotopic (exact) mass is 272 g/mol. The number of carbonyl (C=O) groups is 2. The van der Waals surface area contributed by atoms with Crippen molar-refractivity contribution in [3.05, 3.63) is 57.5 Å². The summed E-state index contributed by atoms with van der Waals surface area (Å²) in [5, 5.41) is 10.7. The zero-order chi connectivity index (χ0) is 14.4. The largest absolute Gasteiger partial charge is 0.467 e. The predicted octanol–water partition coefficient (Wildman–Crippen LogP) is 2.30. The van der Waals surface area contributed by atoms with Crippen LogP contribution in [0.3, 0.4) is 0 Å². The van der Waals surface area contributed by atoms with Crippen LogP contribution in [0.2, 0.25) is 0 Å². The molecule has 0 radical (unpaired) electrons. The van der Waals surface area contributed by atoms with Gasteiger partial charge in [0.25, 0.3) is 17.5 Å². The smallest absolute Gasteiger partial charge is 0.270 e. The fraction of sp³-hybridized carbons (Fsp3) is 0.0769. The lowest BCUT2D eigenvalue weighted by molar-refractivity contribution is -0.384. The van der Waals surface area contributed by atoms with Crippen LogP contribution in [-0.4, -0.2) is 16.7 Å². The quantitative estimate of drug-likeness (QED) is 0.475. The molecule has 2 heterocycles. The van der Waals surface area contributed by atoms with Crippen molar-refractivity contribution in [2.45, 2.75) is 6.92 Å². The van der Waals surface area contributed by atoms with Gasteiger partial charge in [-0.1, -0.05) is 0 Å². The molecule has 0 fully saturated rings. The Morgan fingerprint density at radius 3 is 2.45 bits per heavy atom. The number of carbonyl (C=O) groups excluding carboxylic acids is 2. The number of benzene rings is 1. The number of rotatable bonds is 2. The third-order valence-corrected chi connectivity index (χ3v) is 3.15. The van der Waals surface area contributed by atoms with Crippen molar-refractivity contribution in [3.8, 4) is 0 Å². The van der Waals surface area contributed by atoms with Crippen molar-refractivity contribution in [2.24, 2.45) is 0 Å². The molecule has 1 aromatic carbocycles. The summed E-state index contributed by atoms with van der Waals surface area (Å²) in [6.07, 6.45) is 1.37. The topological polar surface area (TPSA) is 93.7 Å². The number of anilines is 1. The molecule has 3 rings (SSSR count). The molecule has 0 N–H and O–H groups in total. The van der Waals surface area contributed by atoms with Crippen molar-refractivity contribution >= 4 is 23.2 Å². The SMILES string of the molecule is Cc1occc1N1C(=O)c2ccc([N+](=O)[O-])cc2C1=O. The zero-order valence-corrected chi connectivity index (χ0v) is 10.3. The molecule has 0 aliphatic carbocycles. The predicted molar refractivity (Wildman–Crippen MR) is 67.7 cm³/mol. The van der Waals surface area contributed by atoms with Gasteiger partial charge < -0.3 is 4.42 Å². The van der Waals surface area contributed by atoms with Gasteiger partial charge in [-0.05, 0) is 13.0 Å². The Balaban J connectivity index is 2.13. The van der Waals surface area contributed by atoms with E-state index in [0.29, 0.717) is 11.4 Å². The number of nitrogens with zero attached hydrogens (tertiary/aromatic N) is 2. The second kappa shape index (κ2) is 4.02. The van der Waals surface area contributed by atoms with Gasteiger partial charge in [-0.3, -0.25) is 19.7 Å². The first-order valence-electron chi connectivity index (χ1n) is 5.72. The summed E-state index contributed by atoms with van der Waals surface area (Å²) in [6.45, 7) is 1.63. The van der Waals surface area contributed by atoms with Crippen molar-refractivity contribution in [1.29, 1.82) is 0 Å². The molecule has 1 aliphatic rings. The van der Waals surface area contributed by atoms with E-state index >= 15 is 0 Å². The second-order valence-corrected chi connectivity index (χ2v) is 4.29. The van der Waals surface area contributed by atoms with E-state index in [2.05, 4.69) is 0 Å². The Labute approximate surface area is 112 Å². The summed E-state index contributed by atoms with van der Waals surface area (Å²) in [5.41, 5.74) is 0.306. The molecule has 0 spiro atoms. The van der Waals surface area contributed by atoms with E-state index in [0.717, 1.165) is 11.0 Å². The van der Waals surface area contributed by atoms with Gasteiger partial charge in [-0.15, -0.1) is 0 Å². The van der Waals surface area contributed by atoms with Gasteiger partial charge in [0.05, 0.1) is 28.0 Å². The lowest BCUT2D eigenvalue weighted by Crippen LogP contribution is -2.29. The fourth-order valence-corrected chi connectivity index (χ4v) is 2.17. The van der Waals surface area contributed by atoms with Crippen LogP contribution in [0.15, 0.2) is 34.9 Å². The third kappa shape index (κ3) is 1.53. The van der Waals surface area contributed by atoms with Gasteiger partial charge in [-0.25, -0.2) is 4.90 Å². The number of nitro groups is 1. The van der Waals surface area contributed by atoms with E-state index < -0.39 is 16.7 Å². The Kier molecular flexibility index (Phi) is 2.43. The molecular weight excluding hydrogens is 264 g/mol. The van der Waals surface area contributed by atoms with E-state index in [4.69, 9.17) is 4.42 Å². The van der Waals surface area contributed by atoms with Crippen molar-refractivity contribution in [3.63, 3.8) is 0 Å². The van der Waals surface area contributed by atoms with Gasteiger partial charge in [0.15, 0.2) is 0 Å². The molecule has 2 amide bonds. The fourth-order valence-electron chi connectivity index (χ4n) is 2.17. The Morgan fingerprint density at radius 1 is 1.15 bits per heavy atom. The highest BCUT2D eigenvalue weighted by Crippen LogP contribution is 2.32. The maximum absolute atomic E-state index is 12.3. The van der Waals surface area contributed by atoms with Crippen molar-refractivity contribution in [2.75, 3.05) is 4.90 Å². The minimum absolute atomic E-state index is 0.0322. The summed E-state index contributed by atoms with van der Waals surface area (Å²) in [6, 6.07) is 5.12. The molecule has 20 heavy (non-hydrogen) atoms. The average Bonchev–Trinajstić information content (AvgIpc) is 2.93. The second-order valence-electron chi connectivity index (χ2n) is 4.29. The van der Waals surface area contributed by atoms with Crippen molar-refractivity contribution in [1.82, 2.24) is 0 Å². The molecule has 0 saturated heterocycles. The Hall–Kier alpha value is -2.96. The molecule has 1 aromatic heterocycles. The summed E-state index contributed by atoms with van der Waals surface area (Å²) in [7, 11) is 0. The number of imide groups is 1. The molecule has 0 atom stereocenters. The van der Waals surface area contributed by atoms with Crippen molar-refractivity contribution < 1.29 is 18.9 Å². The van der Waals surface area contributed by atoms with Gasteiger partial charge in [0, 0.05) is 18.2 Å². The minimum atomic E-state index is -0.607. The summed E-state index contributed by atoms with van der Waals surface area (Å²) < 4.78 is 5.08. The zero-order valence-electron chi connectivity index (χ0n) is 10.3. The van der Waals surface area contributed by atoms with E-state index in [1.807, 2.05) is 0 Å². The van der Waals surface area contributed by atoms with Crippen LogP contribution in [0.5, 0.6) is 0 Å². The molecule has 100 valence electrons. The third-order valence-electron chi connectivity index (χ3n) is 3.15. The molecule has 0 saturated carbocycles. The minimum Gasteiger partial charge on any atom is -0.467 e. The lowest BCUT2D eigenvalue weighted by atomic mass is 10.1. The average molecular weight is 272 g/mol. The number of hydrogen-bond acceptors (Lipinski definition) is 5. The van der Waals surface area contributed by atoms with Crippen LogP contribution in [-0.2, 0) is 0 Å². The maximum Gasteiger partial charge on any atom is 0.270 e. The number of nitro benzene ring substituents is 1. The van der Waals surface area contributed by atoms with Crippen LogP contribution >= 0.6 is 0 Å². The Bertz CT molecular complexity index is 762. The number of hydrogen-bond donors (Lipinski definition) is 0. The highest BCUT2D eigenvalue weighted by Gasteiger charge is 2.39. The summed E-state index contributed by atoms with van der Waals surface area (Å²) in [4.78, 5) is 35.6. The molecule has 2 aromatic rings. The van der Waals surface area contributed by atoms with Crippen LogP contribution < -0.4 is 4.90 Å². The van der Waals surface area contributed by atoms with Crippen LogP contribution in [0.25, 0.3) is 0 Å². The number of fused-ring (bicyclic) bond motifs is 1. The number of furan rings is 1. The van der Waals surface area contributed by atoms with Crippen LogP contribution in [0, 0.1) is 17.0 Å². The van der Waals surface area contributed by atoms with Gasteiger partial charge in [0.1, 0.15) is 5.76 Å². The Morgan fingerprint density at radius 2 is 1.85 bits per heavy atom. The molecule has 0 unspecified atom stereocenters. The first kappa shape index (κ1) is 12.1. The molecule has 7 nitrogen and oxygen atoms in total. The van der Waals surface area contributed by atoms with E-state index in [1.165, 1.54) is 24.5 Å². The van der Waals surface area contributed by atoms with E-state index in [-0.39, 0.29) is 16.8 Å². The van der Waals surface area contributed by atoms with Crippen LogP contribution in [0.4, 0.5) is 11.4 Å². The van der Waals surface area contributed by atoms with Gasteiger partial charge >= 0.3 is 0 Å². The number of amides is 2. The maximum atomic E-state index is 12.3. The molecular formula is C13H8N2O5. The first-order chi connectivity index (χ1) is 9.50. The van der Waals surface area contributed by atoms with Crippen LogP contribution in [0.1, 0.15) is 26.5 Å². The normalized spacial score (nSPS) is 13.8. The summed E-state index contributed by atoms with van der Waals surface area (Å²) in [5.74, 6) is -0.670. The standard InChI is InChI=1S/C13H8N2O5/c1-7-11(4-5-20-7)14-12(16)9-3-2-8(15(18)19)6-10(9)13(14)17/h2-6H,1H3. The summed E-state index contributed by atoms with van der Waals surface area (Å²) >= 11 is 0. The number of non-ortho nitro benzene ring substituents is 1.